The second-order valence-corrected chi connectivity index (χ2v) is 4.12. The van der Waals surface area contributed by atoms with Gasteiger partial charge >= 0.3 is 6.01 Å². The summed E-state index contributed by atoms with van der Waals surface area (Å²) in [5.74, 6) is 0.889. The first kappa shape index (κ1) is 13.9. The Morgan fingerprint density at radius 3 is 2.65 bits per heavy atom. The zero-order chi connectivity index (χ0) is 12.7. The van der Waals surface area contributed by atoms with Crippen molar-refractivity contribution in [2.24, 2.45) is 5.92 Å². The molecule has 1 aromatic rings. The van der Waals surface area contributed by atoms with Crippen LogP contribution in [0.25, 0.3) is 0 Å². The molecule has 0 saturated carbocycles. The predicted molar refractivity (Wildman–Crippen MR) is 65.5 cm³/mol. The van der Waals surface area contributed by atoms with E-state index < -0.39 is 0 Å². The lowest BCUT2D eigenvalue weighted by molar-refractivity contribution is 0.0791. The molecule has 1 heterocycles. The van der Waals surface area contributed by atoms with Gasteiger partial charge in [-0.25, -0.2) is 0 Å². The van der Waals surface area contributed by atoms with E-state index in [0.29, 0.717) is 31.7 Å². The van der Waals surface area contributed by atoms with E-state index in [1.165, 1.54) is 0 Å². The fraction of sp³-hybridized carbons (Fsp3) is 0.700. The lowest BCUT2D eigenvalue weighted by Gasteiger charge is -2.08. The normalized spacial score (nSPS) is 10.6. The van der Waals surface area contributed by atoms with E-state index in [-0.39, 0.29) is 11.3 Å². The Morgan fingerprint density at radius 2 is 2.00 bits per heavy atom. The van der Waals surface area contributed by atoms with Crippen molar-refractivity contribution in [1.82, 2.24) is 15.0 Å². The molecular formula is C10H17ClN4O2. The maximum Gasteiger partial charge on any atom is 0.322 e. The lowest BCUT2D eigenvalue weighted by Crippen LogP contribution is -2.12. The molecule has 17 heavy (non-hydrogen) atoms. The fourth-order valence-electron chi connectivity index (χ4n) is 1.02. The Balaban J connectivity index is 2.33. The molecule has 6 nitrogen and oxygen atoms in total. The molecule has 0 amide bonds. The van der Waals surface area contributed by atoms with Crippen molar-refractivity contribution < 1.29 is 9.47 Å². The second kappa shape index (κ2) is 7.24. The minimum atomic E-state index is 0.0995. The molecule has 0 unspecified atom stereocenters. The van der Waals surface area contributed by atoms with Gasteiger partial charge in [-0.15, -0.1) is 0 Å². The summed E-state index contributed by atoms with van der Waals surface area (Å²) in [6.07, 6.45) is 0. The molecule has 7 heteroatoms. The van der Waals surface area contributed by atoms with E-state index in [1.807, 2.05) is 0 Å². The number of hydrogen-bond donors (Lipinski definition) is 1. The van der Waals surface area contributed by atoms with Crippen molar-refractivity contribution in [2.75, 3.05) is 32.2 Å². The molecule has 0 aliphatic heterocycles. The van der Waals surface area contributed by atoms with Crippen molar-refractivity contribution in [2.45, 2.75) is 13.8 Å². The third-order valence-electron chi connectivity index (χ3n) is 1.72. The first-order valence-corrected chi connectivity index (χ1v) is 5.79. The van der Waals surface area contributed by atoms with Crippen LogP contribution in [0.1, 0.15) is 13.8 Å². The van der Waals surface area contributed by atoms with Crippen molar-refractivity contribution in [3.05, 3.63) is 5.28 Å². The van der Waals surface area contributed by atoms with Gasteiger partial charge in [-0.05, 0) is 17.5 Å². The minimum absolute atomic E-state index is 0.0995. The third kappa shape index (κ3) is 5.65. The zero-order valence-corrected chi connectivity index (χ0v) is 11.0. The number of nitrogens with one attached hydrogen (secondary N) is 1. The van der Waals surface area contributed by atoms with Crippen LogP contribution in [-0.2, 0) is 4.74 Å². The largest absolute Gasteiger partial charge is 0.461 e. The average Bonchev–Trinajstić information content (AvgIpc) is 2.27. The van der Waals surface area contributed by atoms with Gasteiger partial charge in [0.1, 0.15) is 6.61 Å². The highest BCUT2D eigenvalue weighted by Crippen LogP contribution is 2.10. The molecule has 0 aliphatic carbocycles. The van der Waals surface area contributed by atoms with E-state index in [2.05, 4.69) is 34.1 Å². The molecule has 0 atom stereocenters. The van der Waals surface area contributed by atoms with E-state index in [9.17, 15) is 0 Å². The van der Waals surface area contributed by atoms with Gasteiger partial charge in [-0.1, -0.05) is 13.8 Å². The molecule has 0 bridgehead atoms. The van der Waals surface area contributed by atoms with Crippen molar-refractivity contribution >= 4 is 17.5 Å². The highest BCUT2D eigenvalue weighted by Gasteiger charge is 2.04. The van der Waals surface area contributed by atoms with Crippen molar-refractivity contribution in [3.63, 3.8) is 0 Å². The summed E-state index contributed by atoms with van der Waals surface area (Å²) in [5, 5.41) is 2.87. The Morgan fingerprint density at radius 1 is 1.24 bits per heavy atom. The number of rotatable bonds is 7. The van der Waals surface area contributed by atoms with Crippen LogP contribution in [0.3, 0.4) is 0 Å². The maximum absolute atomic E-state index is 5.70. The van der Waals surface area contributed by atoms with Gasteiger partial charge in [0.15, 0.2) is 0 Å². The number of aromatic nitrogens is 3. The molecule has 0 radical (unpaired) electrons. The summed E-state index contributed by atoms with van der Waals surface area (Å²) in [6.45, 7) is 5.77. The van der Waals surface area contributed by atoms with Gasteiger partial charge in [0.2, 0.25) is 11.2 Å². The smallest absolute Gasteiger partial charge is 0.322 e. The van der Waals surface area contributed by atoms with Crippen LogP contribution >= 0.6 is 11.6 Å². The second-order valence-electron chi connectivity index (χ2n) is 3.78. The van der Waals surface area contributed by atoms with Crippen molar-refractivity contribution in [3.8, 4) is 6.01 Å². The van der Waals surface area contributed by atoms with E-state index in [1.54, 1.807) is 7.05 Å². The Hall–Kier alpha value is -1.14. The van der Waals surface area contributed by atoms with Crippen LogP contribution in [0.2, 0.25) is 5.28 Å². The Labute approximate surface area is 106 Å². The van der Waals surface area contributed by atoms with Crippen LogP contribution < -0.4 is 10.1 Å². The van der Waals surface area contributed by atoms with Crippen LogP contribution in [0.5, 0.6) is 6.01 Å². The molecule has 0 aromatic carbocycles. The highest BCUT2D eigenvalue weighted by molar-refractivity contribution is 6.28. The Bertz CT molecular complexity index is 349. The van der Waals surface area contributed by atoms with Gasteiger partial charge in [0, 0.05) is 13.7 Å². The third-order valence-corrected chi connectivity index (χ3v) is 1.89. The summed E-state index contributed by atoms with van der Waals surface area (Å²) in [7, 11) is 1.70. The summed E-state index contributed by atoms with van der Waals surface area (Å²) in [6, 6.07) is 0.197. The average molecular weight is 261 g/mol. The number of anilines is 1. The molecule has 0 aliphatic rings. The topological polar surface area (TPSA) is 69.2 Å². The van der Waals surface area contributed by atoms with Crippen LogP contribution in [0, 0.1) is 5.92 Å². The summed E-state index contributed by atoms with van der Waals surface area (Å²) >= 11 is 5.70. The van der Waals surface area contributed by atoms with Gasteiger partial charge in [-0.2, -0.15) is 15.0 Å². The molecule has 0 spiro atoms. The van der Waals surface area contributed by atoms with Gasteiger partial charge < -0.3 is 14.8 Å². The minimum Gasteiger partial charge on any atom is -0.461 e. The van der Waals surface area contributed by atoms with E-state index in [0.717, 1.165) is 0 Å². The predicted octanol–water partition coefficient (Wildman–Crippen LogP) is 1.62. The molecule has 0 saturated heterocycles. The van der Waals surface area contributed by atoms with Gasteiger partial charge in [0.05, 0.1) is 6.61 Å². The standard InChI is InChI=1S/C10H17ClN4O2/c1-7(2)6-16-4-5-17-10-14-8(11)13-9(12-3)15-10/h7H,4-6H2,1-3H3,(H,12,13,14,15). The first-order chi connectivity index (χ1) is 8.11. The van der Waals surface area contributed by atoms with Crippen LogP contribution in [0.4, 0.5) is 5.95 Å². The number of hydrogen-bond acceptors (Lipinski definition) is 6. The monoisotopic (exact) mass is 260 g/mol. The fourth-order valence-corrected chi connectivity index (χ4v) is 1.17. The van der Waals surface area contributed by atoms with E-state index >= 15 is 0 Å². The maximum atomic E-state index is 5.70. The quantitative estimate of drug-likeness (QED) is 0.752. The van der Waals surface area contributed by atoms with Crippen LogP contribution in [0.15, 0.2) is 0 Å². The summed E-state index contributed by atoms with van der Waals surface area (Å²) in [4.78, 5) is 11.7. The first-order valence-electron chi connectivity index (χ1n) is 5.41. The number of ether oxygens (including phenoxy) is 2. The molecule has 96 valence electrons. The zero-order valence-electron chi connectivity index (χ0n) is 10.2. The highest BCUT2D eigenvalue weighted by atomic mass is 35.5. The van der Waals surface area contributed by atoms with Crippen molar-refractivity contribution in [1.29, 1.82) is 0 Å². The molecule has 1 N–H and O–H groups in total. The summed E-state index contributed by atoms with van der Waals surface area (Å²) in [5.41, 5.74) is 0. The SMILES string of the molecule is CNc1nc(Cl)nc(OCCOCC(C)C)n1. The van der Waals surface area contributed by atoms with E-state index in [4.69, 9.17) is 21.1 Å². The summed E-state index contributed by atoms with van der Waals surface area (Å²) < 4.78 is 10.7. The lowest BCUT2D eigenvalue weighted by atomic mass is 10.2. The molecule has 1 aromatic heterocycles. The van der Waals surface area contributed by atoms with Gasteiger partial charge in [0.25, 0.3) is 0 Å². The molecular weight excluding hydrogens is 244 g/mol. The molecule has 0 fully saturated rings. The molecule has 1 rings (SSSR count). The van der Waals surface area contributed by atoms with Crippen LogP contribution in [-0.4, -0.2) is 41.8 Å². The Kier molecular flexibility index (Phi) is 5.93. The van der Waals surface area contributed by atoms with Gasteiger partial charge in [-0.3, -0.25) is 0 Å². The number of nitrogens with zero attached hydrogens (tertiary/aromatic N) is 3. The number of halogens is 1.